The summed E-state index contributed by atoms with van der Waals surface area (Å²) in [4.78, 5) is 8.07. The number of anilines is 1. The van der Waals surface area contributed by atoms with Gasteiger partial charge in [-0.15, -0.1) is 0 Å². The van der Waals surface area contributed by atoms with Crippen LogP contribution in [0.2, 0.25) is 0 Å². The first-order valence-electron chi connectivity index (χ1n) is 5.91. The van der Waals surface area contributed by atoms with Crippen molar-refractivity contribution in [3.8, 4) is 5.88 Å². The highest BCUT2D eigenvalue weighted by atomic mass is 16.5. The van der Waals surface area contributed by atoms with Crippen molar-refractivity contribution in [2.24, 2.45) is 5.92 Å². The summed E-state index contributed by atoms with van der Waals surface area (Å²) in [6.45, 7) is 4.22. The zero-order valence-corrected chi connectivity index (χ0v) is 9.94. The van der Waals surface area contributed by atoms with Crippen molar-refractivity contribution in [1.29, 1.82) is 0 Å². The maximum atomic E-state index is 5.91. The Bertz CT molecular complexity index is 367. The van der Waals surface area contributed by atoms with Gasteiger partial charge in [0, 0.05) is 11.8 Å². The summed E-state index contributed by atoms with van der Waals surface area (Å²) in [5.41, 5.74) is 6.51. The highest BCUT2D eigenvalue weighted by Gasteiger charge is 2.21. The van der Waals surface area contributed by atoms with Crippen LogP contribution in [0.1, 0.15) is 38.2 Å². The van der Waals surface area contributed by atoms with Gasteiger partial charge in [-0.25, -0.2) is 4.98 Å². The van der Waals surface area contributed by atoms with Crippen LogP contribution in [-0.2, 0) is 0 Å². The first-order chi connectivity index (χ1) is 7.65. The first-order valence-corrected chi connectivity index (χ1v) is 5.91. The summed E-state index contributed by atoms with van der Waals surface area (Å²) in [7, 11) is 0. The summed E-state index contributed by atoms with van der Waals surface area (Å²) < 4.78 is 5.91. The number of hydrogen-bond acceptors (Lipinski definition) is 4. The molecule has 0 bridgehead atoms. The van der Waals surface area contributed by atoms with Gasteiger partial charge >= 0.3 is 0 Å². The lowest BCUT2D eigenvalue weighted by Gasteiger charge is -2.27. The van der Waals surface area contributed by atoms with Crippen molar-refractivity contribution in [1.82, 2.24) is 9.97 Å². The van der Waals surface area contributed by atoms with E-state index in [0.29, 0.717) is 5.88 Å². The van der Waals surface area contributed by atoms with Gasteiger partial charge in [0.2, 0.25) is 11.8 Å². The molecule has 0 radical (unpaired) electrons. The Balaban J connectivity index is 2.05. The average molecular weight is 221 g/mol. The Morgan fingerprint density at radius 2 is 2.25 bits per heavy atom. The van der Waals surface area contributed by atoms with Crippen molar-refractivity contribution in [3.05, 3.63) is 11.8 Å². The zero-order valence-electron chi connectivity index (χ0n) is 9.94. The predicted octanol–water partition coefficient (Wildman–Crippen LogP) is 2.32. The van der Waals surface area contributed by atoms with Gasteiger partial charge < -0.3 is 10.5 Å². The molecule has 1 heterocycles. The van der Waals surface area contributed by atoms with Gasteiger partial charge in [-0.05, 0) is 32.1 Å². The Morgan fingerprint density at radius 1 is 1.44 bits per heavy atom. The molecule has 1 aromatic heterocycles. The van der Waals surface area contributed by atoms with E-state index in [1.165, 1.54) is 12.8 Å². The number of nitrogen functional groups attached to an aromatic ring is 1. The van der Waals surface area contributed by atoms with Gasteiger partial charge in [-0.2, -0.15) is 4.98 Å². The molecule has 1 saturated carbocycles. The van der Waals surface area contributed by atoms with Crippen LogP contribution in [0.15, 0.2) is 6.20 Å². The second kappa shape index (κ2) is 4.68. The fourth-order valence-electron chi connectivity index (χ4n) is 2.20. The van der Waals surface area contributed by atoms with Crippen LogP contribution in [-0.4, -0.2) is 16.1 Å². The topological polar surface area (TPSA) is 61.0 Å². The van der Waals surface area contributed by atoms with Crippen LogP contribution in [0.25, 0.3) is 0 Å². The molecule has 1 fully saturated rings. The molecular weight excluding hydrogens is 202 g/mol. The Hall–Kier alpha value is -1.32. The van der Waals surface area contributed by atoms with E-state index in [1.807, 2.05) is 6.92 Å². The fraction of sp³-hybridized carbons (Fsp3) is 0.667. The van der Waals surface area contributed by atoms with Crippen molar-refractivity contribution >= 4 is 5.95 Å². The van der Waals surface area contributed by atoms with Crippen LogP contribution in [0.5, 0.6) is 5.88 Å². The van der Waals surface area contributed by atoms with Crippen LogP contribution in [0, 0.1) is 12.8 Å². The lowest BCUT2D eigenvalue weighted by Crippen LogP contribution is -2.25. The molecule has 16 heavy (non-hydrogen) atoms. The van der Waals surface area contributed by atoms with Crippen molar-refractivity contribution in [3.63, 3.8) is 0 Å². The third-order valence-electron chi connectivity index (χ3n) is 3.11. The molecule has 0 aromatic carbocycles. The standard InChI is InChI=1S/C12H19N3O/c1-8-4-3-5-10(6-8)16-11-9(2)7-14-12(13)15-11/h7-8,10H,3-6H2,1-2H3,(H2,13,14,15). The van der Waals surface area contributed by atoms with E-state index in [4.69, 9.17) is 10.5 Å². The number of ether oxygens (including phenoxy) is 1. The van der Waals surface area contributed by atoms with E-state index >= 15 is 0 Å². The van der Waals surface area contributed by atoms with Gasteiger partial charge in [0.05, 0.1) is 0 Å². The van der Waals surface area contributed by atoms with E-state index in [2.05, 4.69) is 16.9 Å². The predicted molar refractivity (Wildman–Crippen MR) is 63.2 cm³/mol. The van der Waals surface area contributed by atoms with Crippen LogP contribution >= 0.6 is 0 Å². The molecule has 0 saturated heterocycles. The molecule has 1 aromatic rings. The molecule has 4 heteroatoms. The molecule has 2 unspecified atom stereocenters. The van der Waals surface area contributed by atoms with Gasteiger partial charge in [0.15, 0.2) is 0 Å². The van der Waals surface area contributed by atoms with E-state index in [9.17, 15) is 0 Å². The van der Waals surface area contributed by atoms with E-state index in [1.54, 1.807) is 6.20 Å². The monoisotopic (exact) mass is 221 g/mol. The SMILES string of the molecule is Cc1cnc(N)nc1OC1CCCC(C)C1. The normalized spacial score (nSPS) is 25.4. The minimum Gasteiger partial charge on any atom is -0.474 e. The van der Waals surface area contributed by atoms with Crippen LogP contribution in [0.3, 0.4) is 0 Å². The van der Waals surface area contributed by atoms with E-state index in [-0.39, 0.29) is 12.1 Å². The Labute approximate surface area is 96.2 Å². The minimum atomic E-state index is 0.282. The summed E-state index contributed by atoms with van der Waals surface area (Å²) >= 11 is 0. The molecule has 4 nitrogen and oxygen atoms in total. The first kappa shape index (κ1) is 11.2. The number of aryl methyl sites for hydroxylation is 1. The highest BCUT2D eigenvalue weighted by Crippen LogP contribution is 2.27. The third-order valence-corrected chi connectivity index (χ3v) is 3.11. The highest BCUT2D eigenvalue weighted by molar-refractivity contribution is 5.28. The molecular formula is C12H19N3O. The van der Waals surface area contributed by atoms with Gasteiger partial charge in [0.1, 0.15) is 6.10 Å². The number of nitrogens with zero attached hydrogens (tertiary/aromatic N) is 2. The lowest BCUT2D eigenvalue weighted by molar-refractivity contribution is 0.123. The minimum absolute atomic E-state index is 0.282. The summed E-state index contributed by atoms with van der Waals surface area (Å²) in [6.07, 6.45) is 6.79. The average Bonchev–Trinajstić information content (AvgIpc) is 2.24. The summed E-state index contributed by atoms with van der Waals surface area (Å²) in [6, 6.07) is 0. The molecule has 0 amide bonds. The van der Waals surface area contributed by atoms with Crippen LogP contribution in [0.4, 0.5) is 5.95 Å². The Kier molecular flexibility index (Phi) is 3.27. The van der Waals surface area contributed by atoms with Gasteiger partial charge in [0.25, 0.3) is 0 Å². The molecule has 0 aliphatic heterocycles. The maximum absolute atomic E-state index is 5.91. The largest absolute Gasteiger partial charge is 0.474 e. The van der Waals surface area contributed by atoms with E-state index in [0.717, 1.165) is 24.3 Å². The Morgan fingerprint density at radius 3 is 3.00 bits per heavy atom. The molecule has 88 valence electrons. The third kappa shape index (κ3) is 2.62. The molecule has 2 N–H and O–H groups in total. The number of nitrogens with two attached hydrogens (primary N) is 1. The summed E-state index contributed by atoms with van der Waals surface area (Å²) in [5.74, 6) is 1.68. The molecule has 0 spiro atoms. The molecule has 1 aliphatic rings. The number of aromatic nitrogens is 2. The van der Waals surface area contributed by atoms with Crippen molar-refractivity contribution in [2.75, 3.05) is 5.73 Å². The maximum Gasteiger partial charge on any atom is 0.223 e. The van der Waals surface area contributed by atoms with Gasteiger partial charge in [-0.3, -0.25) is 0 Å². The molecule has 2 rings (SSSR count). The quantitative estimate of drug-likeness (QED) is 0.832. The second-order valence-electron chi connectivity index (χ2n) is 4.73. The number of hydrogen-bond donors (Lipinski definition) is 1. The van der Waals surface area contributed by atoms with Crippen molar-refractivity contribution in [2.45, 2.75) is 45.6 Å². The molecule has 1 aliphatic carbocycles. The van der Waals surface area contributed by atoms with Crippen molar-refractivity contribution < 1.29 is 4.74 Å². The zero-order chi connectivity index (χ0) is 11.5. The number of rotatable bonds is 2. The van der Waals surface area contributed by atoms with Gasteiger partial charge in [-0.1, -0.05) is 13.3 Å². The summed E-state index contributed by atoms with van der Waals surface area (Å²) in [5, 5.41) is 0. The smallest absolute Gasteiger partial charge is 0.223 e. The fourth-order valence-corrected chi connectivity index (χ4v) is 2.20. The van der Waals surface area contributed by atoms with Crippen LogP contribution < -0.4 is 10.5 Å². The lowest BCUT2D eigenvalue weighted by atomic mass is 9.89. The second-order valence-corrected chi connectivity index (χ2v) is 4.73. The van der Waals surface area contributed by atoms with E-state index < -0.39 is 0 Å². The molecule has 2 atom stereocenters.